The van der Waals surface area contributed by atoms with Gasteiger partial charge in [0.05, 0.1) is 0 Å². The van der Waals surface area contributed by atoms with Crippen molar-refractivity contribution in [3.05, 3.63) is 17.0 Å². The van der Waals surface area contributed by atoms with E-state index in [2.05, 4.69) is 10.1 Å². The topological polar surface area (TPSA) is 55.3 Å². The summed E-state index contributed by atoms with van der Waals surface area (Å²) in [4.78, 5) is 2.40. The molecule has 2 heterocycles. The van der Waals surface area contributed by atoms with Crippen molar-refractivity contribution in [2.75, 3.05) is 13.1 Å². The fourth-order valence-electron chi connectivity index (χ4n) is 1.98. The monoisotopic (exact) mass is 195 g/mol. The van der Waals surface area contributed by atoms with Crippen LogP contribution in [-0.4, -0.2) is 23.1 Å². The Kier molecular flexibility index (Phi) is 2.84. The molecule has 0 spiro atoms. The molecule has 0 saturated carbocycles. The molecule has 2 rings (SSSR count). The van der Waals surface area contributed by atoms with Crippen LogP contribution in [0.15, 0.2) is 4.52 Å². The van der Waals surface area contributed by atoms with Crippen molar-refractivity contribution < 1.29 is 4.52 Å². The molecule has 0 bridgehead atoms. The summed E-state index contributed by atoms with van der Waals surface area (Å²) >= 11 is 0. The lowest BCUT2D eigenvalue weighted by Gasteiger charge is -2.12. The maximum atomic E-state index is 5.65. The van der Waals surface area contributed by atoms with Crippen molar-refractivity contribution in [3.63, 3.8) is 0 Å². The highest BCUT2D eigenvalue weighted by Crippen LogP contribution is 2.17. The molecule has 0 aliphatic carbocycles. The van der Waals surface area contributed by atoms with Crippen LogP contribution in [0.5, 0.6) is 0 Å². The molecular weight excluding hydrogens is 178 g/mol. The Morgan fingerprint density at radius 3 is 2.79 bits per heavy atom. The first-order chi connectivity index (χ1) is 6.81. The molecule has 14 heavy (non-hydrogen) atoms. The molecule has 4 nitrogen and oxygen atoms in total. The lowest BCUT2D eigenvalue weighted by atomic mass is 10.2. The molecule has 1 aromatic rings. The van der Waals surface area contributed by atoms with Crippen LogP contribution < -0.4 is 5.73 Å². The van der Waals surface area contributed by atoms with Crippen molar-refractivity contribution in [1.82, 2.24) is 10.1 Å². The van der Waals surface area contributed by atoms with Gasteiger partial charge in [-0.05, 0) is 32.9 Å². The van der Waals surface area contributed by atoms with E-state index in [4.69, 9.17) is 10.3 Å². The van der Waals surface area contributed by atoms with E-state index >= 15 is 0 Å². The van der Waals surface area contributed by atoms with Crippen LogP contribution in [0.3, 0.4) is 0 Å². The average Bonchev–Trinajstić information content (AvgIpc) is 2.77. The van der Waals surface area contributed by atoms with E-state index in [0.29, 0.717) is 6.54 Å². The van der Waals surface area contributed by atoms with E-state index < -0.39 is 0 Å². The van der Waals surface area contributed by atoms with Crippen LogP contribution in [-0.2, 0) is 13.1 Å². The van der Waals surface area contributed by atoms with Crippen LogP contribution in [0.25, 0.3) is 0 Å². The SMILES string of the molecule is Cc1onc(CN2CCCC2)c1CN. The first-order valence-electron chi connectivity index (χ1n) is 5.17. The molecule has 1 fully saturated rings. The van der Waals surface area contributed by atoms with E-state index in [1.807, 2.05) is 6.92 Å². The number of hydrogen-bond acceptors (Lipinski definition) is 4. The minimum atomic E-state index is 0.526. The van der Waals surface area contributed by atoms with Gasteiger partial charge in [0.1, 0.15) is 11.5 Å². The largest absolute Gasteiger partial charge is 0.361 e. The Bertz CT molecular complexity index is 302. The van der Waals surface area contributed by atoms with Gasteiger partial charge in [-0.2, -0.15) is 0 Å². The zero-order chi connectivity index (χ0) is 9.97. The summed E-state index contributed by atoms with van der Waals surface area (Å²) in [5.41, 5.74) is 7.75. The number of hydrogen-bond donors (Lipinski definition) is 1. The molecule has 0 unspecified atom stereocenters. The van der Waals surface area contributed by atoms with Crippen molar-refractivity contribution >= 4 is 0 Å². The van der Waals surface area contributed by atoms with Gasteiger partial charge in [0, 0.05) is 18.7 Å². The highest BCUT2D eigenvalue weighted by Gasteiger charge is 2.17. The third kappa shape index (κ3) is 1.81. The fraction of sp³-hybridized carbons (Fsp3) is 0.700. The van der Waals surface area contributed by atoms with Gasteiger partial charge < -0.3 is 10.3 Å². The van der Waals surface area contributed by atoms with Gasteiger partial charge in [-0.1, -0.05) is 5.16 Å². The molecule has 0 aromatic carbocycles. The second-order valence-electron chi connectivity index (χ2n) is 3.85. The quantitative estimate of drug-likeness (QED) is 0.783. The number of nitrogens with two attached hydrogens (primary N) is 1. The zero-order valence-electron chi connectivity index (χ0n) is 8.62. The first kappa shape index (κ1) is 9.68. The van der Waals surface area contributed by atoms with E-state index in [9.17, 15) is 0 Å². The highest BCUT2D eigenvalue weighted by molar-refractivity contribution is 5.21. The Balaban J connectivity index is 2.07. The molecule has 78 valence electrons. The average molecular weight is 195 g/mol. The maximum Gasteiger partial charge on any atom is 0.138 e. The van der Waals surface area contributed by atoms with Crippen molar-refractivity contribution in [2.24, 2.45) is 5.73 Å². The molecule has 0 radical (unpaired) electrons. The summed E-state index contributed by atoms with van der Waals surface area (Å²) in [5, 5.41) is 4.05. The van der Waals surface area contributed by atoms with E-state index in [-0.39, 0.29) is 0 Å². The summed E-state index contributed by atoms with van der Waals surface area (Å²) in [5.74, 6) is 0.863. The normalized spacial score (nSPS) is 17.9. The van der Waals surface area contributed by atoms with Gasteiger partial charge in [-0.15, -0.1) is 0 Å². The van der Waals surface area contributed by atoms with Gasteiger partial charge in [0.2, 0.25) is 0 Å². The zero-order valence-corrected chi connectivity index (χ0v) is 8.62. The summed E-state index contributed by atoms with van der Waals surface area (Å²) in [6, 6.07) is 0. The second-order valence-corrected chi connectivity index (χ2v) is 3.85. The first-order valence-corrected chi connectivity index (χ1v) is 5.17. The molecule has 1 aliphatic rings. The number of nitrogens with zero attached hydrogens (tertiary/aromatic N) is 2. The molecule has 0 amide bonds. The predicted octanol–water partition coefficient (Wildman–Crippen LogP) is 1.04. The highest BCUT2D eigenvalue weighted by atomic mass is 16.5. The minimum Gasteiger partial charge on any atom is -0.361 e. The lowest BCUT2D eigenvalue weighted by molar-refractivity contribution is 0.311. The third-order valence-corrected chi connectivity index (χ3v) is 2.84. The van der Waals surface area contributed by atoms with Crippen LogP contribution in [0.2, 0.25) is 0 Å². The lowest BCUT2D eigenvalue weighted by Crippen LogP contribution is -2.19. The molecule has 4 heteroatoms. The molecular formula is C10H17N3O. The summed E-state index contributed by atoms with van der Waals surface area (Å²) < 4.78 is 5.14. The fourth-order valence-corrected chi connectivity index (χ4v) is 1.98. The molecule has 2 N–H and O–H groups in total. The van der Waals surface area contributed by atoms with E-state index in [0.717, 1.165) is 23.6 Å². The van der Waals surface area contributed by atoms with Crippen molar-refractivity contribution in [3.8, 4) is 0 Å². The summed E-state index contributed by atoms with van der Waals surface area (Å²) in [6.45, 7) is 5.69. The standard InChI is InChI=1S/C10H17N3O/c1-8-9(6-11)10(12-14-8)7-13-4-2-3-5-13/h2-7,11H2,1H3. The molecule has 1 aliphatic heterocycles. The van der Waals surface area contributed by atoms with E-state index in [1.165, 1.54) is 25.9 Å². The molecule has 1 saturated heterocycles. The maximum absolute atomic E-state index is 5.65. The van der Waals surface area contributed by atoms with Gasteiger partial charge in [-0.3, -0.25) is 4.90 Å². The minimum absolute atomic E-state index is 0.526. The summed E-state index contributed by atoms with van der Waals surface area (Å²) in [7, 11) is 0. The van der Waals surface area contributed by atoms with Gasteiger partial charge in [0.15, 0.2) is 0 Å². The summed E-state index contributed by atoms with van der Waals surface area (Å²) in [6.07, 6.45) is 2.60. The second kappa shape index (κ2) is 4.11. The number of likely N-dealkylation sites (tertiary alicyclic amines) is 1. The Morgan fingerprint density at radius 2 is 2.14 bits per heavy atom. The van der Waals surface area contributed by atoms with Crippen LogP contribution in [0, 0.1) is 6.92 Å². The van der Waals surface area contributed by atoms with Crippen LogP contribution in [0.4, 0.5) is 0 Å². The van der Waals surface area contributed by atoms with Crippen molar-refractivity contribution in [1.29, 1.82) is 0 Å². The Hall–Kier alpha value is -0.870. The van der Waals surface area contributed by atoms with E-state index in [1.54, 1.807) is 0 Å². The van der Waals surface area contributed by atoms with Gasteiger partial charge in [0.25, 0.3) is 0 Å². The number of aromatic nitrogens is 1. The van der Waals surface area contributed by atoms with Gasteiger partial charge >= 0.3 is 0 Å². The molecule has 1 aromatic heterocycles. The number of aryl methyl sites for hydroxylation is 1. The van der Waals surface area contributed by atoms with Crippen molar-refractivity contribution in [2.45, 2.75) is 32.9 Å². The third-order valence-electron chi connectivity index (χ3n) is 2.84. The van der Waals surface area contributed by atoms with Gasteiger partial charge in [-0.25, -0.2) is 0 Å². The Morgan fingerprint density at radius 1 is 1.43 bits per heavy atom. The predicted molar refractivity (Wildman–Crippen MR) is 53.6 cm³/mol. The Labute approximate surface area is 84.0 Å². The van der Waals surface area contributed by atoms with Crippen LogP contribution in [0.1, 0.15) is 29.9 Å². The van der Waals surface area contributed by atoms with Crippen LogP contribution >= 0.6 is 0 Å². The smallest absolute Gasteiger partial charge is 0.138 e. The molecule has 0 atom stereocenters. The number of rotatable bonds is 3.